The minimum absolute atomic E-state index is 0.0411. The Morgan fingerprint density at radius 2 is 1.80 bits per heavy atom. The van der Waals surface area contributed by atoms with E-state index in [2.05, 4.69) is 39.8 Å². The molecule has 0 aliphatic carbocycles. The van der Waals surface area contributed by atoms with Crippen LogP contribution in [0.3, 0.4) is 0 Å². The summed E-state index contributed by atoms with van der Waals surface area (Å²) in [6.07, 6.45) is 2.42. The number of amides is 1. The molecule has 1 atom stereocenters. The molecular formula is C20H26N4O. The lowest BCUT2D eigenvalue weighted by Gasteiger charge is -2.44. The lowest BCUT2D eigenvalue weighted by molar-refractivity contribution is 0.0616. The van der Waals surface area contributed by atoms with Crippen LogP contribution in [-0.2, 0) is 7.05 Å². The van der Waals surface area contributed by atoms with Gasteiger partial charge in [0.25, 0.3) is 5.91 Å². The highest BCUT2D eigenvalue weighted by Crippen LogP contribution is 2.28. The molecule has 0 saturated carbocycles. The third-order valence-corrected chi connectivity index (χ3v) is 5.80. The van der Waals surface area contributed by atoms with Crippen LogP contribution in [0.2, 0.25) is 0 Å². The first kappa shape index (κ1) is 16.2. The van der Waals surface area contributed by atoms with Crippen LogP contribution in [0, 0.1) is 5.92 Å². The first-order valence-electron chi connectivity index (χ1n) is 9.13. The predicted molar refractivity (Wildman–Crippen MR) is 101 cm³/mol. The zero-order valence-electron chi connectivity index (χ0n) is 15.0. The summed E-state index contributed by atoms with van der Waals surface area (Å²) in [4.78, 5) is 15.3. The fraction of sp³-hybridized carbons (Fsp3) is 0.450. The summed E-state index contributed by atoms with van der Waals surface area (Å²) in [6.45, 7) is 3.38. The van der Waals surface area contributed by atoms with Gasteiger partial charge in [-0.1, -0.05) is 12.1 Å². The van der Waals surface area contributed by atoms with E-state index in [0.717, 1.165) is 29.2 Å². The highest BCUT2D eigenvalue weighted by atomic mass is 16.2. The zero-order chi connectivity index (χ0) is 17.4. The predicted octanol–water partition coefficient (Wildman–Crippen LogP) is 2.56. The van der Waals surface area contributed by atoms with Gasteiger partial charge in [-0.15, -0.1) is 0 Å². The van der Waals surface area contributed by atoms with E-state index in [1.165, 1.54) is 25.9 Å². The maximum absolute atomic E-state index is 12.8. The van der Waals surface area contributed by atoms with Crippen molar-refractivity contribution in [2.75, 3.05) is 32.0 Å². The Kier molecular flexibility index (Phi) is 4.25. The van der Waals surface area contributed by atoms with Crippen LogP contribution >= 0.6 is 0 Å². The van der Waals surface area contributed by atoms with Crippen molar-refractivity contribution in [2.45, 2.75) is 18.9 Å². The Bertz CT molecular complexity index is 757. The van der Waals surface area contributed by atoms with Gasteiger partial charge in [-0.25, -0.2) is 0 Å². The molecule has 3 fully saturated rings. The second-order valence-corrected chi connectivity index (χ2v) is 7.21. The highest BCUT2D eigenvalue weighted by molar-refractivity contribution is 5.94. The summed E-state index contributed by atoms with van der Waals surface area (Å²) >= 11 is 0. The Morgan fingerprint density at radius 3 is 2.40 bits per heavy atom. The number of nitrogens with zero attached hydrogens (tertiary/aromatic N) is 2. The number of carbonyl (C=O) groups excluding carboxylic acids is 1. The van der Waals surface area contributed by atoms with Gasteiger partial charge in [0.1, 0.15) is 5.69 Å². The van der Waals surface area contributed by atoms with Crippen molar-refractivity contribution in [3.63, 3.8) is 0 Å². The molecule has 25 heavy (non-hydrogen) atoms. The normalized spacial score (nSPS) is 25.0. The number of hydrogen-bond donors (Lipinski definition) is 2. The van der Waals surface area contributed by atoms with Crippen molar-refractivity contribution >= 4 is 11.6 Å². The van der Waals surface area contributed by atoms with Gasteiger partial charge in [0.05, 0.1) is 0 Å². The molecule has 4 heterocycles. The lowest BCUT2D eigenvalue weighted by atomic mass is 9.84. The number of fused-ring (bicyclic) bond motifs is 3. The second-order valence-electron chi connectivity index (χ2n) is 7.21. The number of anilines is 1. The molecule has 3 saturated heterocycles. The van der Waals surface area contributed by atoms with Gasteiger partial charge in [0, 0.05) is 38.1 Å². The summed E-state index contributed by atoms with van der Waals surface area (Å²) in [6, 6.07) is 12.5. The quantitative estimate of drug-likeness (QED) is 0.901. The number of benzene rings is 1. The molecule has 0 unspecified atom stereocenters. The molecule has 5 rings (SSSR count). The van der Waals surface area contributed by atoms with E-state index in [0.29, 0.717) is 12.0 Å². The van der Waals surface area contributed by atoms with Crippen LogP contribution in [0.4, 0.5) is 5.69 Å². The van der Waals surface area contributed by atoms with Crippen LogP contribution < -0.4 is 10.6 Å². The number of rotatable bonds is 4. The van der Waals surface area contributed by atoms with E-state index in [4.69, 9.17) is 0 Å². The van der Waals surface area contributed by atoms with E-state index < -0.39 is 0 Å². The minimum atomic E-state index is 0.0411. The summed E-state index contributed by atoms with van der Waals surface area (Å²) in [5, 5.41) is 6.41. The van der Waals surface area contributed by atoms with Gasteiger partial charge in [-0.05, 0) is 61.7 Å². The molecule has 132 valence electrons. The fourth-order valence-corrected chi connectivity index (χ4v) is 4.21. The minimum Gasteiger partial charge on any atom is -0.388 e. The van der Waals surface area contributed by atoms with E-state index in [1.807, 2.05) is 30.8 Å². The van der Waals surface area contributed by atoms with Gasteiger partial charge < -0.3 is 20.1 Å². The average molecular weight is 338 g/mol. The zero-order valence-corrected chi connectivity index (χ0v) is 15.0. The molecule has 5 heteroatoms. The van der Waals surface area contributed by atoms with Gasteiger partial charge in [-0.3, -0.25) is 4.79 Å². The van der Waals surface area contributed by atoms with Crippen molar-refractivity contribution in [3.8, 4) is 11.3 Å². The SMILES string of the molecule is CNc1ccc(-c2ccc(C(=O)N[C@H]3CN4CCC3CC4)n2C)cc1. The maximum atomic E-state index is 12.8. The van der Waals surface area contributed by atoms with Gasteiger partial charge >= 0.3 is 0 Å². The number of hydrogen-bond acceptors (Lipinski definition) is 3. The number of carbonyl (C=O) groups is 1. The summed E-state index contributed by atoms with van der Waals surface area (Å²) < 4.78 is 1.99. The molecule has 3 aliphatic heterocycles. The molecule has 2 N–H and O–H groups in total. The van der Waals surface area contributed by atoms with E-state index >= 15 is 0 Å². The van der Waals surface area contributed by atoms with Gasteiger partial charge in [0.2, 0.25) is 0 Å². The number of piperidine rings is 3. The standard InChI is InChI=1S/C20H26N4O/c1-21-16-5-3-15(4-6-16)18-7-8-19(23(18)2)20(25)22-17-13-24-11-9-14(17)10-12-24/h3-8,14,17,21H,9-13H2,1-2H3,(H,22,25)/t17-/m0/s1. The molecule has 0 spiro atoms. The summed E-state index contributed by atoms with van der Waals surface area (Å²) in [7, 11) is 3.88. The number of aromatic nitrogens is 1. The number of nitrogens with one attached hydrogen (secondary N) is 2. The smallest absolute Gasteiger partial charge is 0.268 e. The molecule has 2 bridgehead atoms. The van der Waals surface area contributed by atoms with E-state index in [-0.39, 0.29) is 5.91 Å². The third-order valence-electron chi connectivity index (χ3n) is 5.80. The molecule has 1 aromatic heterocycles. The molecule has 1 amide bonds. The summed E-state index contributed by atoms with van der Waals surface area (Å²) in [5.41, 5.74) is 3.98. The Balaban J connectivity index is 1.51. The van der Waals surface area contributed by atoms with Gasteiger partial charge in [-0.2, -0.15) is 0 Å². The monoisotopic (exact) mass is 338 g/mol. The van der Waals surface area contributed by atoms with E-state index in [9.17, 15) is 4.79 Å². The maximum Gasteiger partial charge on any atom is 0.268 e. The van der Waals surface area contributed by atoms with Crippen molar-refractivity contribution in [3.05, 3.63) is 42.1 Å². The molecule has 3 aliphatic rings. The molecule has 1 aromatic carbocycles. The van der Waals surface area contributed by atoms with E-state index in [1.54, 1.807) is 0 Å². The van der Waals surface area contributed by atoms with Crippen LogP contribution in [0.1, 0.15) is 23.3 Å². The third kappa shape index (κ3) is 3.04. The molecule has 0 radical (unpaired) electrons. The van der Waals surface area contributed by atoms with Crippen LogP contribution in [-0.4, -0.2) is 48.1 Å². The van der Waals surface area contributed by atoms with Crippen molar-refractivity contribution in [1.82, 2.24) is 14.8 Å². The fourth-order valence-electron chi connectivity index (χ4n) is 4.21. The molecule has 5 nitrogen and oxygen atoms in total. The van der Waals surface area contributed by atoms with Crippen molar-refractivity contribution < 1.29 is 4.79 Å². The average Bonchev–Trinajstić information content (AvgIpc) is 3.04. The van der Waals surface area contributed by atoms with Crippen LogP contribution in [0.5, 0.6) is 0 Å². The highest BCUT2D eigenvalue weighted by Gasteiger charge is 2.35. The van der Waals surface area contributed by atoms with Crippen LogP contribution in [0.25, 0.3) is 11.3 Å². The van der Waals surface area contributed by atoms with Crippen molar-refractivity contribution in [1.29, 1.82) is 0 Å². The Morgan fingerprint density at radius 1 is 1.08 bits per heavy atom. The first-order valence-corrected chi connectivity index (χ1v) is 9.13. The lowest BCUT2D eigenvalue weighted by Crippen LogP contribution is -2.57. The Hall–Kier alpha value is -2.27. The summed E-state index contributed by atoms with van der Waals surface area (Å²) in [5.74, 6) is 0.683. The van der Waals surface area contributed by atoms with Crippen molar-refractivity contribution in [2.24, 2.45) is 13.0 Å². The van der Waals surface area contributed by atoms with Crippen LogP contribution in [0.15, 0.2) is 36.4 Å². The molecule has 2 aromatic rings. The Labute approximate surface area is 149 Å². The molecular weight excluding hydrogens is 312 g/mol. The second kappa shape index (κ2) is 6.56. The van der Waals surface area contributed by atoms with Gasteiger partial charge in [0.15, 0.2) is 0 Å². The first-order chi connectivity index (χ1) is 12.2. The topological polar surface area (TPSA) is 49.3 Å². The largest absolute Gasteiger partial charge is 0.388 e.